The zero-order valence-corrected chi connectivity index (χ0v) is 11.9. The fourth-order valence-corrected chi connectivity index (χ4v) is 2.31. The van der Waals surface area contributed by atoms with Crippen LogP contribution in [0.3, 0.4) is 0 Å². The smallest absolute Gasteiger partial charge is 0.370 e. The van der Waals surface area contributed by atoms with E-state index >= 15 is 0 Å². The molecule has 1 heterocycles. The van der Waals surface area contributed by atoms with Gasteiger partial charge in [-0.3, -0.25) is 4.79 Å². The minimum absolute atomic E-state index is 0.0874. The van der Waals surface area contributed by atoms with Crippen LogP contribution in [0.25, 0.3) is 0 Å². The van der Waals surface area contributed by atoms with Gasteiger partial charge in [0.05, 0.1) is 23.8 Å². The van der Waals surface area contributed by atoms with E-state index < -0.39 is 11.7 Å². The fraction of sp³-hybridized carbons (Fsp3) is 0.462. The summed E-state index contributed by atoms with van der Waals surface area (Å²) in [7, 11) is 0. The largest absolute Gasteiger partial charge is 0.417 e. The summed E-state index contributed by atoms with van der Waals surface area (Å²) < 4.78 is 43.3. The van der Waals surface area contributed by atoms with Crippen molar-refractivity contribution in [3.8, 4) is 0 Å². The van der Waals surface area contributed by atoms with Crippen molar-refractivity contribution in [2.45, 2.75) is 6.18 Å². The van der Waals surface area contributed by atoms with Crippen molar-refractivity contribution in [1.29, 1.82) is 0 Å². The van der Waals surface area contributed by atoms with E-state index in [2.05, 4.69) is 5.32 Å². The van der Waals surface area contributed by atoms with E-state index in [9.17, 15) is 18.0 Å². The Bertz CT molecular complexity index is 517. The van der Waals surface area contributed by atoms with E-state index in [1.54, 1.807) is 0 Å². The number of amides is 1. The van der Waals surface area contributed by atoms with Crippen LogP contribution in [-0.2, 0) is 15.7 Å². The minimum atomic E-state index is -4.55. The molecule has 21 heavy (non-hydrogen) atoms. The lowest BCUT2D eigenvalue weighted by molar-refractivity contribution is -0.899. The Morgan fingerprint density at radius 1 is 1.33 bits per heavy atom. The molecule has 1 fully saturated rings. The van der Waals surface area contributed by atoms with E-state index in [1.165, 1.54) is 6.07 Å². The number of anilines is 1. The van der Waals surface area contributed by atoms with Gasteiger partial charge in [0, 0.05) is 5.69 Å². The molecule has 8 heteroatoms. The topological polar surface area (TPSA) is 42.8 Å². The van der Waals surface area contributed by atoms with Crippen LogP contribution in [0, 0.1) is 0 Å². The molecule has 2 N–H and O–H groups in total. The molecule has 1 aliphatic heterocycles. The molecule has 0 unspecified atom stereocenters. The van der Waals surface area contributed by atoms with Gasteiger partial charge in [-0.1, -0.05) is 11.6 Å². The Labute approximate surface area is 124 Å². The van der Waals surface area contributed by atoms with Gasteiger partial charge in [0.1, 0.15) is 13.1 Å². The third-order valence-electron chi connectivity index (χ3n) is 3.17. The van der Waals surface area contributed by atoms with Gasteiger partial charge in [-0.2, -0.15) is 13.2 Å². The van der Waals surface area contributed by atoms with Crippen LogP contribution < -0.4 is 10.2 Å². The average molecular weight is 324 g/mol. The molecule has 2 rings (SSSR count). The molecule has 0 atom stereocenters. The maximum Gasteiger partial charge on any atom is 0.417 e. The molecule has 0 aromatic heterocycles. The molecule has 1 aromatic rings. The van der Waals surface area contributed by atoms with E-state index in [0.717, 1.165) is 17.0 Å². The number of ether oxygens (including phenoxy) is 1. The predicted octanol–water partition coefficient (Wildman–Crippen LogP) is 1.21. The van der Waals surface area contributed by atoms with Crippen LogP contribution in [0.15, 0.2) is 18.2 Å². The lowest BCUT2D eigenvalue weighted by Gasteiger charge is -2.23. The third kappa shape index (κ3) is 4.59. The van der Waals surface area contributed by atoms with Crippen molar-refractivity contribution in [2.75, 3.05) is 38.2 Å². The number of nitrogens with one attached hydrogen (secondary N) is 2. The van der Waals surface area contributed by atoms with E-state index in [-0.39, 0.29) is 23.2 Å². The monoisotopic (exact) mass is 323 g/mol. The Kier molecular flexibility index (Phi) is 5.08. The summed E-state index contributed by atoms with van der Waals surface area (Å²) in [5.41, 5.74) is -0.870. The second-order valence-corrected chi connectivity index (χ2v) is 5.19. The molecule has 0 radical (unpaired) electrons. The molecule has 1 aromatic carbocycles. The molecule has 0 bridgehead atoms. The third-order valence-corrected chi connectivity index (χ3v) is 3.50. The first-order valence-electron chi connectivity index (χ1n) is 6.44. The van der Waals surface area contributed by atoms with Crippen LogP contribution in [0.5, 0.6) is 0 Å². The zero-order chi connectivity index (χ0) is 15.5. The van der Waals surface area contributed by atoms with Gasteiger partial charge in [0.25, 0.3) is 5.91 Å². The second-order valence-electron chi connectivity index (χ2n) is 4.78. The van der Waals surface area contributed by atoms with Crippen LogP contribution in [-0.4, -0.2) is 38.8 Å². The molecule has 1 saturated heterocycles. The number of quaternary nitrogens is 1. The van der Waals surface area contributed by atoms with E-state index in [4.69, 9.17) is 16.3 Å². The molecule has 0 saturated carbocycles. The summed E-state index contributed by atoms with van der Waals surface area (Å²) >= 11 is 5.52. The number of carbonyl (C=O) groups excluding carboxylic acids is 1. The number of carbonyl (C=O) groups is 1. The van der Waals surface area contributed by atoms with Gasteiger partial charge in [0.2, 0.25) is 0 Å². The van der Waals surface area contributed by atoms with Crippen molar-refractivity contribution >= 4 is 23.2 Å². The summed E-state index contributed by atoms with van der Waals surface area (Å²) in [6.07, 6.45) is -4.55. The summed E-state index contributed by atoms with van der Waals surface area (Å²) in [6, 6.07) is 3.32. The van der Waals surface area contributed by atoms with Crippen molar-refractivity contribution in [1.82, 2.24) is 0 Å². The number of alkyl halides is 3. The molecular formula is C13H15ClF3N2O2+. The minimum Gasteiger partial charge on any atom is -0.370 e. The number of rotatable bonds is 3. The van der Waals surface area contributed by atoms with Crippen molar-refractivity contribution in [2.24, 2.45) is 0 Å². The highest BCUT2D eigenvalue weighted by molar-refractivity contribution is 6.31. The van der Waals surface area contributed by atoms with Gasteiger partial charge < -0.3 is 15.0 Å². The molecule has 4 nitrogen and oxygen atoms in total. The van der Waals surface area contributed by atoms with Crippen LogP contribution >= 0.6 is 11.6 Å². The number of morpholine rings is 1. The SMILES string of the molecule is O=C(C[NH+]1CCOCC1)Nc1ccc(Cl)c(C(F)(F)F)c1. The maximum absolute atomic E-state index is 12.7. The van der Waals surface area contributed by atoms with Gasteiger partial charge in [0.15, 0.2) is 6.54 Å². The van der Waals surface area contributed by atoms with Gasteiger partial charge in [-0.05, 0) is 18.2 Å². The van der Waals surface area contributed by atoms with Gasteiger partial charge >= 0.3 is 6.18 Å². The van der Waals surface area contributed by atoms with E-state index in [1.807, 2.05) is 0 Å². The highest BCUT2D eigenvalue weighted by Gasteiger charge is 2.33. The van der Waals surface area contributed by atoms with Crippen molar-refractivity contribution in [3.05, 3.63) is 28.8 Å². The average Bonchev–Trinajstić information content (AvgIpc) is 2.41. The molecule has 116 valence electrons. The van der Waals surface area contributed by atoms with Crippen molar-refractivity contribution < 1.29 is 27.6 Å². The number of halogens is 4. The van der Waals surface area contributed by atoms with Gasteiger partial charge in [-0.25, -0.2) is 0 Å². The lowest BCUT2D eigenvalue weighted by Crippen LogP contribution is -3.15. The Morgan fingerprint density at radius 2 is 2.00 bits per heavy atom. The first-order valence-corrected chi connectivity index (χ1v) is 6.82. The number of benzene rings is 1. The first kappa shape index (κ1) is 16.1. The van der Waals surface area contributed by atoms with Crippen LogP contribution in [0.2, 0.25) is 5.02 Å². The first-order chi connectivity index (χ1) is 9.86. The van der Waals surface area contributed by atoms with Crippen molar-refractivity contribution in [3.63, 3.8) is 0 Å². The number of hydrogen-bond donors (Lipinski definition) is 2. The van der Waals surface area contributed by atoms with E-state index in [0.29, 0.717) is 26.3 Å². The highest BCUT2D eigenvalue weighted by atomic mass is 35.5. The quantitative estimate of drug-likeness (QED) is 0.878. The Balaban J connectivity index is 2.00. The summed E-state index contributed by atoms with van der Waals surface area (Å²) in [4.78, 5) is 12.9. The van der Waals surface area contributed by atoms with Crippen LogP contribution in [0.4, 0.5) is 18.9 Å². The highest BCUT2D eigenvalue weighted by Crippen LogP contribution is 2.36. The second kappa shape index (κ2) is 6.64. The summed E-state index contributed by atoms with van der Waals surface area (Å²) in [5, 5.41) is 2.08. The number of hydrogen-bond acceptors (Lipinski definition) is 2. The van der Waals surface area contributed by atoms with Crippen LogP contribution in [0.1, 0.15) is 5.56 Å². The summed E-state index contributed by atoms with van der Waals surface area (Å²) in [5.74, 6) is -0.331. The normalized spacial score (nSPS) is 16.8. The summed E-state index contributed by atoms with van der Waals surface area (Å²) in [6.45, 7) is 2.79. The molecule has 0 aliphatic carbocycles. The molecule has 0 spiro atoms. The molecular weight excluding hydrogens is 309 g/mol. The molecule has 1 aliphatic rings. The fourth-order valence-electron chi connectivity index (χ4n) is 2.09. The molecule has 1 amide bonds. The van der Waals surface area contributed by atoms with Gasteiger partial charge in [-0.15, -0.1) is 0 Å². The maximum atomic E-state index is 12.7. The Hall–Kier alpha value is -1.31. The predicted molar refractivity (Wildman–Crippen MR) is 71.5 cm³/mol. The lowest BCUT2D eigenvalue weighted by atomic mass is 10.2. The Morgan fingerprint density at radius 3 is 2.62 bits per heavy atom. The standard InChI is InChI=1S/C13H14ClF3N2O2/c14-11-2-1-9(7-10(11)13(15,16)17)18-12(20)8-19-3-5-21-6-4-19/h1-2,7H,3-6,8H2,(H,18,20)/p+1. The zero-order valence-electron chi connectivity index (χ0n) is 11.1.